The van der Waals surface area contributed by atoms with Crippen molar-refractivity contribution < 1.29 is 0 Å². The van der Waals surface area contributed by atoms with Gasteiger partial charge in [0, 0.05) is 37.6 Å². The van der Waals surface area contributed by atoms with E-state index in [2.05, 4.69) is 78.4 Å². The highest BCUT2D eigenvalue weighted by molar-refractivity contribution is 7.80. The third-order valence-electron chi connectivity index (χ3n) is 4.66. The first-order valence-corrected chi connectivity index (χ1v) is 8.89. The summed E-state index contributed by atoms with van der Waals surface area (Å²) in [4.78, 5) is 4.72. The fraction of sp³-hybridized carbons (Fsp3) is 0.350. The first-order chi connectivity index (χ1) is 11.5. The van der Waals surface area contributed by atoms with Crippen LogP contribution in [0.3, 0.4) is 0 Å². The molecule has 0 aromatic heterocycles. The summed E-state index contributed by atoms with van der Waals surface area (Å²) in [7, 11) is 0. The molecule has 3 rings (SSSR count). The Morgan fingerprint density at radius 1 is 0.917 bits per heavy atom. The summed E-state index contributed by atoms with van der Waals surface area (Å²) in [5.41, 5.74) is 6.26. The highest BCUT2D eigenvalue weighted by atomic mass is 32.1. The molecule has 2 aromatic carbocycles. The SMILES string of the molecule is Cc1ccc(C)c(NC(=S)N2CCN(c3ccccc3C)CC2)c1. The van der Waals surface area contributed by atoms with Gasteiger partial charge in [-0.05, 0) is 61.8 Å². The average molecular weight is 340 g/mol. The van der Waals surface area contributed by atoms with Crippen molar-refractivity contribution in [3.63, 3.8) is 0 Å². The van der Waals surface area contributed by atoms with Crippen LogP contribution in [0.2, 0.25) is 0 Å². The minimum Gasteiger partial charge on any atom is -0.368 e. The van der Waals surface area contributed by atoms with Gasteiger partial charge in [0.15, 0.2) is 5.11 Å². The number of hydrogen-bond acceptors (Lipinski definition) is 2. The van der Waals surface area contributed by atoms with Gasteiger partial charge in [0.25, 0.3) is 0 Å². The minimum atomic E-state index is 0.827. The molecule has 4 heteroatoms. The van der Waals surface area contributed by atoms with Crippen LogP contribution in [0.5, 0.6) is 0 Å². The van der Waals surface area contributed by atoms with Crippen LogP contribution in [0, 0.1) is 20.8 Å². The molecule has 1 saturated heterocycles. The largest absolute Gasteiger partial charge is 0.368 e. The number of benzene rings is 2. The molecule has 3 nitrogen and oxygen atoms in total. The maximum Gasteiger partial charge on any atom is 0.173 e. The second-order valence-corrected chi connectivity index (χ2v) is 6.90. The zero-order valence-corrected chi connectivity index (χ0v) is 15.5. The van der Waals surface area contributed by atoms with Gasteiger partial charge in [-0.1, -0.05) is 30.3 Å². The van der Waals surface area contributed by atoms with Crippen LogP contribution in [-0.4, -0.2) is 36.2 Å². The molecule has 0 unspecified atom stereocenters. The summed E-state index contributed by atoms with van der Waals surface area (Å²) in [6.45, 7) is 10.3. The third-order valence-corrected chi connectivity index (χ3v) is 5.02. The topological polar surface area (TPSA) is 18.5 Å². The summed E-state index contributed by atoms with van der Waals surface area (Å²) < 4.78 is 0. The van der Waals surface area contributed by atoms with E-state index < -0.39 is 0 Å². The van der Waals surface area contributed by atoms with E-state index in [1.165, 1.54) is 22.4 Å². The highest BCUT2D eigenvalue weighted by Gasteiger charge is 2.20. The van der Waals surface area contributed by atoms with Crippen LogP contribution in [0.25, 0.3) is 0 Å². The predicted molar refractivity (Wildman–Crippen MR) is 107 cm³/mol. The first kappa shape index (κ1) is 16.8. The van der Waals surface area contributed by atoms with Gasteiger partial charge in [-0.2, -0.15) is 0 Å². The second kappa shape index (κ2) is 7.22. The fourth-order valence-corrected chi connectivity index (χ4v) is 3.43. The Bertz CT molecular complexity index is 733. The van der Waals surface area contributed by atoms with Gasteiger partial charge in [-0.15, -0.1) is 0 Å². The van der Waals surface area contributed by atoms with E-state index in [1.807, 2.05) is 0 Å². The number of aryl methyl sites for hydroxylation is 3. The third kappa shape index (κ3) is 3.70. The smallest absolute Gasteiger partial charge is 0.173 e. The summed E-state index contributed by atoms with van der Waals surface area (Å²) in [6, 6.07) is 15.0. The van der Waals surface area contributed by atoms with E-state index in [4.69, 9.17) is 12.2 Å². The number of thiocarbonyl (C=S) groups is 1. The van der Waals surface area contributed by atoms with E-state index in [0.717, 1.165) is 37.0 Å². The normalized spacial score (nSPS) is 14.6. The molecular formula is C20H25N3S. The monoisotopic (exact) mass is 339 g/mol. The molecule has 126 valence electrons. The van der Waals surface area contributed by atoms with Crippen LogP contribution in [0.4, 0.5) is 11.4 Å². The maximum atomic E-state index is 5.64. The van der Waals surface area contributed by atoms with Crippen LogP contribution in [-0.2, 0) is 0 Å². The standard InChI is InChI=1S/C20H25N3S/c1-15-8-9-16(2)18(14-15)21-20(24)23-12-10-22(11-13-23)19-7-5-4-6-17(19)3/h4-9,14H,10-13H2,1-3H3,(H,21,24). The van der Waals surface area contributed by atoms with Gasteiger partial charge >= 0.3 is 0 Å². The molecule has 0 bridgehead atoms. The molecule has 0 amide bonds. The van der Waals surface area contributed by atoms with Crippen LogP contribution < -0.4 is 10.2 Å². The molecule has 0 atom stereocenters. The highest BCUT2D eigenvalue weighted by Crippen LogP contribution is 2.22. The molecule has 1 aliphatic heterocycles. The molecular weight excluding hydrogens is 314 g/mol. The molecule has 2 aromatic rings. The number of hydrogen-bond donors (Lipinski definition) is 1. The molecule has 1 fully saturated rings. The van der Waals surface area contributed by atoms with Crippen molar-refractivity contribution in [2.24, 2.45) is 0 Å². The van der Waals surface area contributed by atoms with E-state index in [9.17, 15) is 0 Å². The summed E-state index contributed by atoms with van der Waals surface area (Å²) in [5, 5.41) is 4.25. The molecule has 24 heavy (non-hydrogen) atoms. The van der Waals surface area contributed by atoms with Gasteiger partial charge in [0.2, 0.25) is 0 Å². The van der Waals surface area contributed by atoms with Gasteiger partial charge < -0.3 is 15.1 Å². The van der Waals surface area contributed by atoms with E-state index >= 15 is 0 Å². The van der Waals surface area contributed by atoms with Gasteiger partial charge in [0.1, 0.15) is 0 Å². The second-order valence-electron chi connectivity index (χ2n) is 6.51. The Labute approximate surface area is 150 Å². The lowest BCUT2D eigenvalue weighted by molar-refractivity contribution is 0.390. The fourth-order valence-electron chi connectivity index (χ4n) is 3.13. The number of anilines is 2. The molecule has 1 heterocycles. The zero-order chi connectivity index (χ0) is 17.1. The molecule has 0 radical (unpaired) electrons. The van der Waals surface area contributed by atoms with Crippen molar-refractivity contribution in [1.29, 1.82) is 0 Å². The number of rotatable bonds is 2. The van der Waals surface area contributed by atoms with Gasteiger partial charge in [-0.25, -0.2) is 0 Å². The van der Waals surface area contributed by atoms with Gasteiger partial charge in [-0.3, -0.25) is 0 Å². The lowest BCUT2D eigenvalue weighted by Gasteiger charge is -2.38. The summed E-state index contributed by atoms with van der Waals surface area (Å²) in [6.07, 6.45) is 0. The van der Waals surface area contributed by atoms with Crippen molar-refractivity contribution >= 4 is 28.7 Å². The lowest BCUT2D eigenvalue weighted by atomic mass is 10.1. The summed E-state index contributed by atoms with van der Waals surface area (Å²) in [5.74, 6) is 0. The van der Waals surface area contributed by atoms with Crippen LogP contribution in [0.1, 0.15) is 16.7 Å². The van der Waals surface area contributed by atoms with Crippen LogP contribution in [0.15, 0.2) is 42.5 Å². The number of para-hydroxylation sites is 1. The molecule has 1 aliphatic rings. The predicted octanol–water partition coefficient (Wildman–Crippen LogP) is 4.13. The quantitative estimate of drug-likeness (QED) is 0.829. The Kier molecular flexibility index (Phi) is 5.05. The van der Waals surface area contributed by atoms with Crippen LogP contribution >= 0.6 is 12.2 Å². The lowest BCUT2D eigenvalue weighted by Crippen LogP contribution is -2.50. The number of nitrogens with one attached hydrogen (secondary N) is 1. The molecule has 0 spiro atoms. The Morgan fingerprint density at radius 3 is 2.33 bits per heavy atom. The molecule has 0 aliphatic carbocycles. The van der Waals surface area contributed by atoms with E-state index in [-0.39, 0.29) is 0 Å². The minimum absolute atomic E-state index is 0.827. The Morgan fingerprint density at radius 2 is 1.62 bits per heavy atom. The number of piperazine rings is 1. The summed E-state index contributed by atoms with van der Waals surface area (Å²) >= 11 is 5.64. The van der Waals surface area contributed by atoms with Crippen molar-refractivity contribution in [3.8, 4) is 0 Å². The number of nitrogens with zero attached hydrogens (tertiary/aromatic N) is 2. The van der Waals surface area contributed by atoms with Gasteiger partial charge in [0.05, 0.1) is 0 Å². The van der Waals surface area contributed by atoms with Crippen molar-refractivity contribution in [1.82, 2.24) is 4.90 Å². The zero-order valence-electron chi connectivity index (χ0n) is 14.7. The first-order valence-electron chi connectivity index (χ1n) is 8.48. The van der Waals surface area contributed by atoms with Crippen molar-refractivity contribution in [3.05, 3.63) is 59.2 Å². The average Bonchev–Trinajstić information content (AvgIpc) is 2.59. The Hall–Kier alpha value is -2.07. The maximum absolute atomic E-state index is 5.64. The molecule has 1 N–H and O–H groups in total. The molecule has 0 saturated carbocycles. The van der Waals surface area contributed by atoms with E-state index in [0.29, 0.717) is 0 Å². The Balaban J connectivity index is 1.61. The van der Waals surface area contributed by atoms with Crippen molar-refractivity contribution in [2.75, 3.05) is 36.4 Å². The van der Waals surface area contributed by atoms with Crippen molar-refractivity contribution in [2.45, 2.75) is 20.8 Å². The van der Waals surface area contributed by atoms with E-state index in [1.54, 1.807) is 0 Å².